The van der Waals surface area contributed by atoms with E-state index in [2.05, 4.69) is 16.8 Å². The highest BCUT2D eigenvalue weighted by atomic mass is 35.5. The number of benzene rings is 3. The first-order valence-corrected chi connectivity index (χ1v) is 13.0. The van der Waals surface area contributed by atoms with Crippen LogP contribution in [0.4, 0.5) is 0 Å². The molecule has 0 unspecified atom stereocenters. The summed E-state index contributed by atoms with van der Waals surface area (Å²) in [7, 11) is 0. The smallest absolute Gasteiger partial charge is 0.195 e. The van der Waals surface area contributed by atoms with Gasteiger partial charge >= 0.3 is 0 Å². The fourth-order valence-corrected chi connectivity index (χ4v) is 5.69. The molecule has 0 saturated carbocycles. The first-order chi connectivity index (χ1) is 17.6. The molecule has 0 radical (unpaired) electrons. The van der Waals surface area contributed by atoms with Gasteiger partial charge in [-0.1, -0.05) is 6.42 Å². The van der Waals surface area contributed by atoms with Crippen LogP contribution in [0.1, 0.15) is 35.2 Å². The van der Waals surface area contributed by atoms with Crippen LogP contribution in [0.2, 0.25) is 0 Å². The third-order valence-electron chi connectivity index (χ3n) is 6.27. The van der Waals surface area contributed by atoms with E-state index in [0.717, 1.165) is 45.9 Å². The molecule has 5 rings (SSSR count). The van der Waals surface area contributed by atoms with Gasteiger partial charge in [-0.3, -0.25) is 14.4 Å². The normalized spacial score (nSPS) is 13.7. The van der Waals surface area contributed by atoms with Crippen LogP contribution in [-0.4, -0.2) is 51.8 Å². The number of fused-ring (bicyclic) bond motifs is 1. The highest BCUT2D eigenvalue weighted by Gasteiger charge is 2.22. The van der Waals surface area contributed by atoms with Crippen LogP contribution in [0.3, 0.4) is 0 Å². The molecule has 1 aromatic heterocycles. The lowest BCUT2D eigenvalue weighted by Crippen LogP contribution is -2.33. The monoisotopic (exact) mass is 525 g/mol. The Bertz CT molecular complexity index is 1300. The van der Waals surface area contributed by atoms with Crippen LogP contribution >= 0.6 is 23.2 Å². The predicted molar refractivity (Wildman–Crippen MR) is 144 cm³/mol. The van der Waals surface area contributed by atoms with Crippen molar-refractivity contribution >= 4 is 39.1 Å². The second-order valence-electron chi connectivity index (χ2n) is 8.64. The van der Waals surface area contributed by atoms with E-state index in [4.69, 9.17) is 9.40 Å². The first-order valence-electron chi connectivity index (χ1n) is 11.8. The van der Waals surface area contributed by atoms with Crippen LogP contribution in [0.15, 0.2) is 66.7 Å². The number of phenolic OH excluding ortho intramolecular Hbond substituents is 2. The minimum absolute atomic E-state index is 0.0834. The van der Waals surface area contributed by atoms with Crippen molar-refractivity contribution in [3.63, 3.8) is 0 Å². The average molecular weight is 526 g/mol. The molecular weight excluding hydrogens is 498 g/mol. The Labute approximate surface area is 219 Å². The Morgan fingerprint density at radius 3 is 2.25 bits per heavy atom. The van der Waals surface area contributed by atoms with Crippen molar-refractivity contribution < 1.29 is 24.4 Å². The lowest BCUT2D eigenvalue weighted by atomic mass is 9.97. The summed E-state index contributed by atoms with van der Waals surface area (Å²) in [4.78, 5) is 16.9. The number of carbonyl (C=O) groups is 1. The molecule has 8 heteroatoms. The van der Waals surface area contributed by atoms with Crippen LogP contribution in [0.25, 0.3) is 20.5 Å². The van der Waals surface area contributed by atoms with Crippen molar-refractivity contribution in [2.75, 3.05) is 26.2 Å². The highest BCUT2D eigenvalue weighted by Crippen LogP contribution is 2.41. The zero-order valence-electron chi connectivity index (χ0n) is 19.7. The molecule has 0 spiro atoms. The molecule has 3 aromatic carbocycles. The lowest BCUT2D eigenvalue weighted by molar-refractivity contribution is 0.104. The molecule has 0 amide bonds. The predicted octanol–water partition coefficient (Wildman–Crippen LogP) is 6.21. The molecule has 0 atom stereocenters. The first kappa shape index (κ1) is 26.0. The van der Waals surface area contributed by atoms with Crippen LogP contribution in [0.5, 0.6) is 17.2 Å². The topological polar surface area (TPSA) is 90.2 Å². The van der Waals surface area contributed by atoms with Gasteiger partial charge in [0.2, 0.25) is 0 Å². The summed E-state index contributed by atoms with van der Waals surface area (Å²) in [6.07, 6.45) is 3.85. The summed E-state index contributed by atoms with van der Waals surface area (Å²) in [6, 6.07) is 19.2. The fourth-order valence-electron chi connectivity index (χ4n) is 4.45. The summed E-state index contributed by atoms with van der Waals surface area (Å²) in [6.45, 7) is 3.85. The molecule has 4 aromatic rings. The SMILES string of the molecule is O=C(c1ccc(OCCN2CCCCC2)cc1)c1c(-c2ccc(O)cc2)sc2cc(O)ccc12.OCl. The number of carbonyl (C=O) groups excluding carboxylic acids is 1. The largest absolute Gasteiger partial charge is 0.508 e. The standard InChI is InChI=1S/C28H27NO4S.ClHO/c30-21-8-4-20(5-9-21)28-26(24-13-10-22(31)18-25(24)34-28)27(32)19-6-11-23(12-7-19)33-17-16-29-14-2-1-3-15-29;1-2/h4-13,18,30-31H,1-3,14-17H2;2H. The summed E-state index contributed by atoms with van der Waals surface area (Å²) in [5, 5.41) is 20.4. The van der Waals surface area contributed by atoms with Gasteiger partial charge in [0.25, 0.3) is 0 Å². The van der Waals surface area contributed by atoms with Crippen molar-refractivity contribution in [1.29, 1.82) is 0 Å². The second kappa shape index (κ2) is 12.2. The van der Waals surface area contributed by atoms with Crippen LogP contribution in [0, 0.1) is 0 Å². The highest BCUT2D eigenvalue weighted by molar-refractivity contribution is 7.22. The van der Waals surface area contributed by atoms with Crippen molar-refractivity contribution in [2.24, 2.45) is 0 Å². The van der Waals surface area contributed by atoms with Gasteiger partial charge in [0, 0.05) is 32.6 Å². The van der Waals surface area contributed by atoms with E-state index < -0.39 is 0 Å². The number of rotatable bonds is 7. The van der Waals surface area contributed by atoms with E-state index in [1.165, 1.54) is 30.6 Å². The minimum atomic E-state index is -0.0834. The second-order valence-corrected chi connectivity index (χ2v) is 9.69. The molecule has 3 N–H and O–H groups in total. The number of likely N-dealkylation sites (tertiary alicyclic amines) is 1. The number of aromatic hydroxyl groups is 2. The molecule has 1 saturated heterocycles. The molecule has 1 aliphatic heterocycles. The molecule has 0 aliphatic carbocycles. The van der Waals surface area contributed by atoms with Crippen molar-refractivity contribution in [3.8, 4) is 27.7 Å². The van der Waals surface area contributed by atoms with Gasteiger partial charge in [-0.2, -0.15) is 0 Å². The third kappa shape index (κ3) is 5.99. The van der Waals surface area contributed by atoms with E-state index in [0.29, 0.717) is 17.7 Å². The third-order valence-corrected chi connectivity index (χ3v) is 7.47. The minimum Gasteiger partial charge on any atom is -0.508 e. The van der Waals surface area contributed by atoms with E-state index >= 15 is 0 Å². The van der Waals surface area contributed by atoms with Crippen molar-refractivity contribution in [3.05, 3.63) is 77.9 Å². The van der Waals surface area contributed by atoms with Gasteiger partial charge in [0.1, 0.15) is 23.9 Å². The van der Waals surface area contributed by atoms with Gasteiger partial charge in [-0.15, -0.1) is 11.3 Å². The van der Waals surface area contributed by atoms with Gasteiger partial charge in [0.05, 0.1) is 11.9 Å². The molecule has 0 bridgehead atoms. The van der Waals surface area contributed by atoms with E-state index in [9.17, 15) is 15.0 Å². The molecular formula is C28H28ClNO5S. The van der Waals surface area contributed by atoms with E-state index in [1.807, 2.05) is 24.3 Å². The summed E-state index contributed by atoms with van der Waals surface area (Å²) in [5.41, 5.74) is 2.03. The molecule has 1 aliphatic rings. The number of hydrogen-bond acceptors (Lipinski definition) is 7. The number of nitrogens with zero attached hydrogens (tertiary/aromatic N) is 1. The Hall–Kier alpha value is -3.10. The van der Waals surface area contributed by atoms with Gasteiger partial charge in [-0.05, 0) is 98.2 Å². The van der Waals surface area contributed by atoms with Gasteiger partial charge in [0.15, 0.2) is 5.78 Å². The number of halogens is 1. The maximum Gasteiger partial charge on any atom is 0.195 e. The lowest BCUT2D eigenvalue weighted by Gasteiger charge is -2.26. The van der Waals surface area contributed by atoms with Gasteiger partial charge < -0.3 is 14.9 Å². The quantitative estimate of drug-likeness (QED) is 0.249. The van der Waals surface area contributed by atoms with Crippen molar-refractivity contribution in [1.82, 2.24) is 4.90 Å². The number of phenols is 2. The fraction of sp³-hybridized carbons (Fsp3) is 0.250. The molecule has 6 nitrogen and oxygen atoms in total. The van der Waals surface area contributed by atoms with Crippen LogP contribution < -0.4 is 4.74 Å². The van der Waals surface area contributed by atoms with E-state index in [1.54, 1.807) is 42.5 Å². The maximum absolute atomic E-state index is 13.6. The number of ketones is 1. The number of thiophene rings is 1. The van der Waals surface area contributed by atoms with Crippen LogP contribution in [-0.2, 0) is 0 Å². The average Bonchev–Trinajstić information content (AvgIpc) is 3.29. The summed E-state index contributed by atoms with van der Waals surface area (Å²) < 4.78 is 13.2. The Morgan fingerprint density at radius 2 is 1.56 bits per heavy atom. The zero-order valence-corrected chi connectivity index (χ0v) is 21.3. The zero-order chi connectivity index (χ0) is 25.5. The Morgan fingerprint density at radius 1 is 0.889 bits per heavy atom. The number of hydrogen-bond donors (Lipinski definition) is 3. The summed E-state index contributed by atoms with van der Waals surface area (Å²) >= 11 is 5.09. The van der Waals surface area contributed by atoms with E-state index in [-0.39, 0.29) is 17.3 Å². The maximum atomic E-state index is 13.6. The number of piperidine rings is 1. The molecule has 2 heterocycles. The Kier molecular flexibility index (Phi) is 8.83. The Balaban J connectivity index is 0.00000148. The number of ether oxygens (including phenoxy) is 1. The molecule has 1 fully saturated rings. The molecule has 188 valence electrons. The van der Waals surface area contributed by atoms with Gasteiger partial charge in [-0.25, -0.2) is 0 Å². The summed E-state index contributed by atoms with van der Waals surface area (Å²) in [5.74, 6) is 1.01. The molecule has 36 heavy (non-hydrogen) atoms. The van der Waals surface area contributed by atoms with Crippen molar-refractivity contribution in [2.45, 2.75) is 19.3 Å².